The summed E-state index contributed by atoms with van der Waals surface area (Å²) in [4.78, 5) is 26.8. The molecule has 0 spiro atoms. The average molecular weight is 813 g/mol. The van der Waals surface area contributed by atoms with Crippen LogP contribution in [0, 0.1) is 0 Å². The molecule has 296 valence electrons. The van der Waals surface area contributed by atoms with E-state index in [1.54, 1.807) is 50.5 Å². The van der Waals surface area contributed by atoms with Crippen molar-refractivity contribution in [2.75, 3.05) is 24.9 Å². The van der Waals surface area contributed by atoms with E-state index in [-0.39, 0.29) is 15.2 Å². The van der Waals surface area contributed by atoms with Crippen LogP contribution in [0.25, 0.3) is 10.6 Å². The summed E-state index contributed by atoms with van der Waals surface area (Å²) in [5, 5.41) is 16.1. The highest BCUT2D eigenvalue weighted by atomic mass is 32.2. The Balaban J connectivity index is 0.000000245. The third-order valence-electron chi connectivity index (χ3n) is 8.96. The van der Waals surface area contributed by atoms with E-state index >= 15 is 0 Å². The molecule has 0 aliphatic carbocycles. The minimum atomic E-state index is -3.93. The smallest absolute Gasteiger partial charge is 0.246 e. The van der Waals surface area contributed by atoms with Crippen molar-refractivity contribution in [3.8, 4) is 22.1 Å². The number of anilines is 2. The van der Waals surface area contributed by atoms with Gasteiger partial charge in [0.05, 0.1) is 34.6 Å². The molecule has 17 heteroatoms. The van der Waals surface area contributed by atoms with Crippen molar-refractivity contribution in [1.29, 1.82) is 0 Å². The Labute approximate surface area is 326 Å². The number of nitrogens with zero attached hydrogens (tertiary/aromatic N) is 4. The van der Waals surface area contributed by atoms with E-state index in [0.29, 0.717) is 28.8 Å². The molecular formula is C38H48N6O8S3. The Bertz CT molecular complexity index is 2350. The van der Waals surface area contributed by atoms with Crippen LogP contribution in [0.5, 0.6) is 11.5 Å². The second-order valence-corrected chi connectivity index (χ2v) is 20.5. The number of thiophene rings is 1. The first-order chi connectivity index (χ1) is 25.5. The van der Waals surface area contributed by atoms with Crippen molar-refractivity contribution in [1.82, 2.24) is 19.6 Å². The van der Waals surface area contributed by atoms with Gasteiger partial charge in [-0.15, -0.1) is 11.3 Å². The van der Waals surface area contributed by atoms with E-state index in [1.807, 2.05) is 38.3 Å². The van der Waals surface area contributed by atoms with E-state index < -0.39 is 41.0 Å². The molecule has 0 radical (unpaired) electrons. The number of carbonyl (C=O) groups is 2. The molecule has 0 fully saturated rings. The van der Waals surface area contributed by atoms with Gasteiger partial charge in [-0.1, -0.05) is 26.8 Å². The summed E-state index contributed by atoms with van der Waals surface area (Å²) in [7, 11) is -1.45. The zero-order chi connectivity index (χ0) is 41.1. The van der Waals surface area contributed by atoms with Gasteiger partial charge >= 0.3 is 0 Å². The summed E-state index contributed by atoms with van der Waals surface area (Å²) in [6, 6.07) is 19.3. The van der Waals surface area contributed by atoms with Crippen LogP contribution in [0.4, 0.5) is 11.6 Å². The van der Waals surface area contributed by atoms with Gasteiger partial charge in [0, 0.05) is 31.6 Å². The predicted molar refractivity (Wildman–Crippen MR) is 214 cm³/mol. The first-order valence-electron chi connectivity index (χ1n) is 17.0. The lowest BCUT2D eigenvalue weighted by Gasteiger charge is -2.24. The fraction of sp³-hybridized carbons (Fsp3) is 0.368. The van der Waals surface area contributed by atoms with Crippen LogP contribution >= 0.6 is 11.3 Å². The maximum atomic E-state index is 13.0. The number of aromatic nitrogens is 4. The van der Waals surface area contributed by atoms with E-state index in [0.717, 1.165) is 10.6 Å². The number of hydrogen-bond donors (Lipinski definition) is 2. The summed E-state index contributed by atoms with van der Waals surface area (Å²) < 4.78 is 61.9. The fourth-order valence-electron chi connectivity index (χ4n) is 4.96. The highest BCUT2D eigenvalue weighted by molar-refractivity contribution is 7.94. The van der Waals surface area contributed by atoms with Gasteiger partial charge in [-0.05, 0) is 87.7 Å². The van der Waals surface area contributed by atoms with Crippen LogP contribution in [0.1, 0.15) is 54.2 Å². The zero-order valence-electron chi connectivity index (χ0n) is 32.8. The highest BCUT2D eigenvalue weighted by Crippen LogP contribution is 2.32. The molecule has 5 aromatic rings. The Hall–Kier alpha value is -5.00. The van der Waals surface area contributed by atoms with Crippen molar-refractivity contribution in [2.24, 2.45) is 14.1 Å². The molecule has 5 rings (SSSR count). The van der Waals surface area contributed by atoms with Gasteiger partial charge in [-0.3, -0.25) is 19.0 Å². The van der Waals surface area contributed by atoms with Crippen LogP contribution in [0.15, 0.2) is 88.0 Å². The molecule has 14 nitrogen and oxygen atoms in total. The number of amides is 2. The van der Waals surface area contributed by atoms with Gasteiger partial charge in [0.25, 0.3) is 0 Å². The van der Waals surface area contributed by atoms with E-state index in [9.17, 15) is 26.4 Å². The van der Waals surface area contributed by atoms with Crippen LogP contribution in [0.2, 0.25) is 0 Å². The zero-order valence-corrected chi connectivity index (χ0v) is 35.2. The van der Waals surface area contributed by atoms with Crippen molar-refractivity contribution in [2.45, 2.75) is 73.2 Å². The number of nitrogens with one attached hydrogen (secondary N) is 2. The summed E-state index contributed by atoms with van der Waals surface area (Å²) >= 11 is 1.53. The average Bonchev–Trinajstić information content (AvgIpc) is 3.89. The lowest BCUT2D eigenvalue weighted by atomic mass is 9.92. The third-order valence-corrected chi connectivity index (χ3v) is 14.7. The second-order valence-electron chi connectivity index (χ2n) is 14.6. The molecule has 3 heterocycles. The molecule has 2 N–H and O–H groups in total. The molecule has 0 saturated carbocycles. The van der Waals surface area contributed by atoms with Gasteiger partial charge in [-0.2, -0.15) is 10.2 Å². The molecule has 0 atom stereocenters. The Morgan fingerprint density at radius 2 is 1.07 bits per heavy atom. The topological polar surface area (TPSA) is 181 Å². The van der Waals surface area contributed by atoms with Crippen molar-refractivity contribution in [3.05, 3.63) is 83.9 Å². The number of rotatable bonds is 11. The number of hydrogen-bond acceptors (Lipinski definition) is 11. The second kappa shape index (κ2) is 16.0. The SMILES string of the molecule is COc1ccc(S(=O)(=O)C(C)(C)C(=O)Nc2cc(-c3cccs3)nn2C)cc1.COc1ccc(S(=O)(=O)C(C)(C)C(=O)Nc2cc(C(C)(C)C)nn2C)cc1. The largest absolute Gasteiger partial charge is 0.497 e. The summed E-state index contributed by atoms with van der Waals surface area (Å²) in [5.74, 6) is 0.693. The normalized spacial score (nSPS) is 12.3. The Morgan fingerprint density at radius 1 is 0.655 bits per heavy atom. The van der Waals surface area contributed by atoms with Crippen molar-refractivity contribution in [3.63, 3.8) is 0 Å². The molecule has 3 aromatic heterocycles. The molecule has 2 aromatic carbocycles. The molecule has 0 aliphatic rings. The summed E-state index contributed by atoms with van der Waals surface area (Å²) in [6.07, 6.45) is 0. The van der Waals surface area contributed by atoms with E-state index in [2.05, 4.69) is 20.8 Å². The van der Waals surface area contributed by atoms with Crippen molar-refractivity contribution < 1.29 is 35.9 Å². The number of benzene rings is 2. The summed E-state index contributed by atoms with van der Waals surface area (Å²) in [6.45, 7) is 11.6. The quantitative estimate of drug-likeness (QED) is 0.154. The van der Waals surface area contributed by atoms with Crippen LogP contribution < -0.4 is 20.1 Å². The Kier molecular flexibility index (Phi) is 12.4. The van der Waals surface area contributed by atoms with Crippen LogP contribution in [-0.4, -0.2) is 71.9 Å². The standard InChI is InChI=1S/C19H21N3O4S2.C19H27N3O4S/c1-19(2,28(24,25)14-9-7-13(26-4)8-10-14)18(23)20-17-12-15(21-22(17)3)16-6-5-11-27-16;1-18(2,3)15-12-16(22(6)21-15)20-17(23)19(4,5)27(24,25)14-10-8-13(26-7)9-11-14/h5-12H,1-4H3,(H,20,23);8-12H,1-7H3,(H,20,23). The van der Waals surface area contributed by atoms with Gasteiger partial charge in [0.1, 0.15) is 38.3 Å². The number of carbonyl (C=O) groups excluding carboxylic acids is 2. The van der Waals surface area contributed by atoms with Crippen LogP contribution in [0.3, 0.4) is 0 Å². The summed E-state index contributed by atoms with van der Waals surface area (Å²) in [5.41, 5.74) is 1.32. The fourth-order valence-corrected chi connectivity index (χ4v) is 8.40. The molecule has 0 aliphatic heterocycles. The maximum Gasteiger partial charge on any atom is 0.246 e. The predicted octanol–water partition coefficient (Wildman–Crippen LogP) is 6.27. The number of methoxy groups -OCH3 is 2. The molecule has 55 heavy (non-hydrogen) atoms. The maximum absolute atomic E-state index is 13.0. The first-order valence-corrected chi connectivity index (χ1v) is 20.8. The minimum absolute atomic E-state index is 0.0535. The van der Waals surface area contributed by atoms with Gasteiger partial charge in [0.2, 0.25) is 11.8 Å². The van der Waals surface area contributed by atoms with Gasteiger partial charge in [-0.25, -0.2) is 16.8 Å². The molecule has 0 saturated heterocycles. The lowest BCUT2D eigenvalue weighted by Crippen LogP contribution is -2.44. The Morgan fingerprint density at radius 3 is 1.44 bits per heavy atom. The first kappa shape index (κ1) is 42.7. The van der Waals surface area contributed by atoms with Crippen LogP contribution in [-0.2, 0) is 48.8 Å². The molecular weight excluding hydrogens is 765 g/mol. The minimum Gasteiger partial charge on any atom is -0.497 e. The van der Waals surface area contributed by atoms with Gasteiger partial charge < -0.3 is 20.1 Å². The molecule has 2 amide bonds. The third kappa shape index (κ3) is 8.95. The highest BCUT2D eigenvalue weighted by Gasteiger charge is 2.44. The number of aryl methyl sites for hydroxylation is 2. The van der Waals surface area contributed by atoms with Crippen molar-refractivity contribution >= 4 is 54.5 Å². The number of ether oxygens (including phenoxy) is 2. The van der Waals surface area contributed by atoms with Gasteiger partial charge in [0.15, 0.2) is 19.7 Å². The molecule has 0 unspecified atom stereocenters. The molecule has 0 bridgehead atoms. The number of sulfone groups is 2. The lowest BCUT2D eigenvalue weighted by molar-refractivity contribution is -0.118. The monoisotopic (exact) mass is 812 g/mol. The van der Waals surface area contributed by atoms with E-state index in [4.69, 9.17) is 9.47 Å². The van der Waals surface area contributed by atoms with E-state index in [1.165, 1.54) is 86.9 Å².